The second-order valence-electron chi connectivity index (χ2n) is 6.57. The summed E-state index contributed by atoms with van der Waals surface area (Å²) in [7, 11) is 0. The van der Waals surface area contributed by atoms with Crippen LogP contribution in [-0.2, 0) is 12.2 Å². The van der Waals surface area contributed by atoms with Crippen LogP contribution in [0.3, 0.4) is 0 Å². The predicted molar refractivity (Wildman–Crippen MR) is 89.9 cm³/mol. The van der Waals surface area contributed by atoms with Gasteiger partial charge in [-0.3, -0.25) is 11.3 Å². The van der Waals surface area contributed by atoms with E-state index < -0.39 is 0 Å². The van der Waals surface area contributed by atoms with Gasteiger partial charge >= 0.3 is 0 Å². The van der Waals surface area contributed by atoms with Crippen molar-refractivity contribution in [2.24, 2.45) is 23.6 Å². The zero-order chi connectivity index (χ0) is 14.1. The molecule has 0 aromatic carbocycles. The average molecular weight is 311 g/mol. The number of hydrogen-bond acceptors (Lipinski definition) is 4. The second kappa shape index (κ2) is 6.39. The molecule has 0 bridgehead atoms. The molecule has 2 aliphatic rings. The molecule has 4 atom stereocenters. The third kappa shape index (κ3) is 2.94. The monoisotopic (exact) mass is 310 g/mol. The zero-order valence-electron chi connectivity index (χ0n) is 12.5. The largest absolute Gasteiger partial charge is 0.271 e. The molecule has 112 valence electrons. The smallest absolute Gasteiger partial charge is 0.0581 e. The van der Waals surface area contributed by atoms with Crippen molar-refractivity contribution in [1.82, 2.24) is 5.43 Å². The van der Waals surface area contributed by atoms with Crippen LogP contribution in [0.4, 0.5) is 0 Å². The Bertz CT molecular complexity index is 434. The van der Waals surface area contributed by atoms with Crippen molar-refractivity contribution in [3.8, 4) is 0 Å². The number of thioether (sulfide) groups is 1. The maximum atomic E-state index is 5.93. The lowest BCUT2D eigenvalue weighted by Gasteiger charge is -2.36. The number of hydrazine groups is 1. The van der Waals surface area contributed by atoms with Crippen molar-refractivity contribution in [3.63, 3.8) is 0 Å². The Balaban J connectivity index is 1.77. The zero-order valence-corrected chi connectivity index (χ0v) is 14.2. The van der Waals surface area contributed by atoms with Crippen LogP contribution in [0.5, 0.6) is 0 Å². The minimum Gasteiger partial charge on any atom is -0.271 e. The van der Waals surface area contributed by atoms with Gasteiger partial charge in [0.25, 0.3) is 0 Å². The SMILES string of the molecule is CC1CCC(C(NN)c2cc3c(s2)CCSC3)CC1C. The van der Waals surface area contributed by atoms with Crippen LogP contribution in [0.1, 0.15) is 54.5 Å². The van der Waals surface area contributed by atoms with E-state index >= 15 is 0 Å². The Morgan fingerprint density at radius 1 is 1.30 bits per heavy atom. The number of nitrogens with one attached hydrogen (secondary N) is 1. The summed E-state index contributed by atoms with van der Waals surface area (Å²) in [4.78, 5) is 3.09. The molecule has 4 heteroatoms. The van der Waals surface area contributed by atoms with Crippen molar-refractivity contribution in [2.45, 2.75) is 51.3 Å². The van der Waals surface area contributed by atoms with E-state index in [1.165, 1.54) is 42.1 Å². The Hall–Kier alpha value is -0.0300. The number of fused-ring (bicyclic) bond motifs is 1. The van der Waals surface area contributed by atoms with E-state index in [-0.39, 0.29) is 0 Å². The molecular formula is C16H26N2S2. The third-order valence-electron chi connectivity index (χ3n) is 5.24. The van der Waals surface area contributed by atoms with Crippen LogP contribution in [0.15, 0.2) is 6.07 Å². The molecule has 0 amide bonds. The summed E-state index contributed by atoms with van der Waals surface area (Å²) in [6.45, 7) is 4.80. The van der Waals surface area contributed by atoms with Gasteiger partial charge in [-0.15, -0.1) is 11.3 Å². The minimum absolute atomic E-state index is 0.366. The van der Waals surface area contributed by atoms with E-state index in [0.29, 0.717) is 12.0 Å². The molecule has 4 unspecified atom stereocenters. The van der Waals surface area contributed by atoms with Gasteiger partial charge in [-0.05, 0) is 54.4 Å². The molecule has 2 nitrogen and oxygen atoms in total. The van der Waals surface area contributed by atoms with Gasteiger partial charge in [0.15, 0.2) is 0 Å². The molecule has 1 aromatic rings. The van der Waals surface area contributed by atoms with Gasteiger partial charge in [0.2, 0.25) is 0 Å². The van der Waals surface area contributed by atoms with Crippen LogP contribution < -0.4 is 11.3 Å². The molecule has 1 saturated carbocycles. The van der Waals surface area contributed by atoms with Gasteiger partial charge in [-0.1, -0.05) is 20.3 Å². The molecule has 1 aliphatic heterocycles. The van der Waals surface area contributed by atoms with Gasteiger partial charge in [0, 0.05) is 15.5 Å². The molecule has 2 heterocycles. The normalized spacial score (nSPS) is 31.9. The Kier molecular flexibility index (Phi) is 4.75. The highest BCUT2D eigenvalue weighted by Gasteiger charge is 2.32. The molecular weight excluding hydrogens is 284 g/mol. The first kappa shape index (κ1) is 14.9. The predicted octanol–water partition coefficient (Wildman–Crippen LogP) is 4.11. The first-order valence-electron chi connectivity index (χ1n) is 7.84. The van der Waals surface area contributed by atoms with Crippen molar-refractivity contribution in [3.05, 3.63) is 21.4 Å². The van der Waals surface area contributed by atoms with E-state index in [0.717, 1.165) is 11.8 Å². The van der Waals surface area contributed by atoms with Gasteiger partial charge in [0.1, 0.15) is 0 Å². The van der Waals surface area contributed by atoms with E-state index in [4.69, 9.17) is 5.84 Å². The number of thiophene rings is 1. The molecule has 3 rings (SSSR count). The summed E-state index contributed by atoms with van der Waals surface area (Å²) in [5, 5.41) is 0. The van der Waals surface area contributed by atoms with Crippen LogP contribution in [0.25, 0.3) is 0 Å². The standard InChI is InChI=1S/C16H26N2S2/c1-10-3-4-12(7-11(10)2)16(18-17)15-8-13-9-19-6-5-14(13)20-15/h8,10-12,16,18H,3-7,9,17H2,1-2H3. The van der Waals surface area contributed by atoms with Gasteiger partial charge in [-0.25, -0.2) is 0 Å². The first-order chi connectivity index (χ1) is 9.69. The summed E-state index contributed by atoms with van der Waals surface area (Å²) in [5.41, 5.74) is 4.70. The van der Waals surface area contributed by atoms with E-state index in [1.807, 2.05) is 11.3 Å². The average Bonchev–Trinajstić information content (AvgIpc) is 2.87. The fourth-order valence-electron chi connectivity index (χ4n) is 3.67. The molecule has 1 aromatic heterocycles. The number of rotatable bonds is 3. The second-order valence-corrected chi connectivity index (χ2v) is 8.85. The minimum atomic E-state index is 0.366. The summed E-state index contributed by atoms with van der Waals surface area (Å²) in [6, 6.07) is 2.80. The quantitative estimate of drug-likeness (QED) is 0.651. The fourth-order valence-corrected chi connectivity index (χ4v) is 6.20. The fraction of sp³-hybridized carbons (Fsp3) is 0.750. The van der Waals surface area contributed by atoms with Crippen molar-refractivity contribution < 1.29 is 0 Å². The number of nitrogens with two attached hydrogens (primary N) is 1. The first-order valence-corrected chi connectivity index (χ1v) is 9.81. The molecule has 0 spiro atoms. The van der Waals surface area contributed by atoms with Crippen molar-refractivity contribution in [1.29, 1.82) is 0 Å². The van der Waals surface area contributed by atoms with Crippen LogP contribution in [-0.4, -0.2) is 5.75 Å². The third-order valence-corrected chi connectivity index (χ3v) is 7.57. The molecule has 0 saturated heterocycles. The lowest BCUT2D eigenvalue weighted by molar-refractivity contribution is 0.172. The summed E-state index contributed by atoms with van der Waals surface area (Å²) >= 11 is 4.07. The molecule has 20 heavy (non-hydrogen) atoms. The number of aryl methyl sites for hydroxylation is 1. The van der Waals surface area contributed by atoms with Crippen LogP contribution >= 0.6 is 23.1 Å². The lowest BCUT2D eigenvalue weighted by atomic mass is 9.73. The molecule has 1 aliphatic carbocycles. The summed E-state index contributed by atoms with van der Waals surface area (Å²) in [5.74, 6) is 10.8. The van der Waals surface area contributed by atoms with Gasteiger partial charge in [-0.2, -0.15) is 11.8 Å². The van der Waals surface area contributed by atoms with Crippen LogP contribution in [0, 0.1) is 17.8 Å². The van der Waals surface area contributed by atoms with E-state index in [2.05, 4.69) is 37.1 Å². The Morgan fingerprint density at radius 2 is 2.15 bits per heavy atom. The highest BCUT2D eigenvalue weighted by Crippen LogP contribution is 2.43. The van der Waals surface area contributed by atoms with Crippen molar-refractivity contribution >= 4 is 23.1 Å². The maximum absolute atomic E-state index is 5.93. The molecule has 0 radical (unpaired) electrons. The van der Waals surface area contributed by atoms with E-state index in [9.17, 15) is 0 Å². The summed E-state index contributed by atoms with van der Waals surface area (Å²) in [6.07, 6.45) is 5.23. The highest BCUT2D eigenvalue weighted by atomic mass is 32.2. The highest BCUT2D eigenvalue weighted by molar-refractivity contribution is 7.98. The lowest BCUT2D eigenvalue weighted by Crippen LogP contribution is -2.36. The Morgan fingerprint density at radius 3 is 2.85 bits per heavy atom. The molecule has 3 N–H and O–H groups in total. The van der Waals surface area contributed by atoms with Crippen molar-refractivity contribution in [2.75, 3.05) is 5.75 Å². The maximum Gasteiger partial charge on any atom is 0.0581 e. The Labute approximate surface area is 130 Å². The van der Waals surface area contributed by atoms with E-state index in [1.54, 1.807) is 10.4 Å². The summed E-state index contributed by atoms with van der Waals surface area (Å²) < 4.78 is 0. The van der Waals surface area contributed by atoms with Gasteiger partial charge in [0.05, 0.1) is 6.04 Å². The number of hydrogen-bond donors (Lipinski definition) is 2. The van der Waals surface area contributed by atoms with Crippen LogP contribution in [0.2, 0.25) is 0 Å². The molecule has 1 fully saturated rings. The topological polar surface area (TPSA) is 38.0 Å². The van der Waals surface area contributed by atoms with Gasteiger partial charge < -0.3 is 0 Å².